The Labute approximate surface area is 126 Å². The van der Waals surface area contributed by atoms with Gasteiger partial charge in [-0.2, -0.15) is 0 Å². The fourth-order valence-corrected chi connectivity index (χ4v) is 2.68. The zero-order valence-electron chi connectivity index (χ0n) is 11.5. The first-order valence-electron chi connectivity index (χ1n) is 6.78. The lowest BCUT2D eigenvalue weighted by Gasteiger charge is -2.20. The van der Waals surface area contributed by atoms with Crippen molar-refractivity contribution in [2.75, 3.05) is 0 Å². The molecule has 0 saturated heterocycles. The highest BCUT2D eigenvalue weighted by Crippen LogP contribution is 2.39. The second-order valence-electron chi connectivity index (χ2n) is 5.10. The van der Waals surface area contributed by atoms with Crippen molar-refractivity contribution in [2.24, 2.45) is 0 Å². The molecule has 3 nitrogen and oxygen atoms in total. The molecule has 112 valence electrons. The van der Waals surface area contributed by atoms with Gasteiger partial charge in [0.1, 0.15) is 11.6 Å². The Kier molecular flexibility index (Phi) is 3.63. The van der Waals surface area contributed by atoms with E-state index in [9.17, 15) is 18.7 Å². The van der Waals surface area contributed by atoms with Gasteiger partial charge in [-0.15, -0.1) is 0 Å². The van der Waals surface area contributed by atoms with E-state index in [0.717, 1.165) is 28.7 Å². The molecule has 1 N–H and O–H groups in total. The number of nitrogens with zero attached hydrogens (tertiary/aromatic N) is 1. The van der Waals surface area contributed by atoms with Crippen LogP contribution in [0, 0.1) is 11.6 Å². The average molecular weight is 301 g/mol. The molecule has 1 aliphatic rings. The molecule has 0 saturated carbocycles. The molecular formula is C17H13F2NO2. The topological polar surface area (TPSA) is 40.5 Å². The Morgan fingerprint density at radius 3 is 2.55 bits per heavy atom. The van der Waals surface area contributed by atoms with Crippen LogP contribution in [-0.2, 0) is 0 Å². The molecule has 0 bridgehead atoms. The van der Waals surface area contributed by atoms with Crippen LogP contribution in [0.25, 0.3) is 5.57 Å². The molecule has 1 aliphatic heterocycles. The van der Waals surface area contributed by atoms with E-state index in [4.69, 9.17) is 0 Å². The monoisotopic (exact) mass is 301 g/mol. The maximum atomic E-state index is 13.9. The Morgan fingerprint density at radius 2 is 1.86 bits per heavy atom. The summed E-state index contributed by atoms with van der Waals surface area (Å²) in [4.78, 5) is 12.6. The molecule has 1 atom stereocenters. The molecule has 0 radical (unpaired) electrons. The highest BCUT2D eigenvalue weighted by molar-refractivity contribution is 5.77. The number of hydrogen-bond acceptors (Lipinski definition) is 1. The predicted molar refractivity (Wildman–Crippen MR) is 78.0 cm³/mol. The molecule has 0 spiro atoms. The molecule has 22 heavy (non-hydrogen) atoms. The first-order valence-corrected chi connectivity index (χ1v) is 6.78. The standard InChI is InChI=1S/C17H13F2NO2/c18-13-6-7-15(19)14(9-13)12-8-16(20(10-12)17(21)22)11-4-2-1-3-5-11/h1-7,9-10,16H,8H2,(H,21,22)/t16-/m0/s1. The smallest absolute Gasteiger partial charge is 0.411 e. The van der Waals surface area contributed by atoms with Gasteiger partial charge in [0, 0.05) is 11.8 Å². The summed E-state index contributed by atoms with van der Waals surface area (Å²) in [6.07, 6.45) is 0.551. The molecule has 1 amide bonds. The lowest BCUT2D eigenvalue weighted by atomic mass is 9.97. The Morgan fingerprint density at radius 1 is 1.14 bits per heavy atom. The number of amides is 1. The van der Waals surface area contributed by atoms with E-state index in [1.807, 2.05) is 30.3 Å². The van der Waals surface area contributed by atoms with Gasteiger partial charge in [0.2, 0.25) is 0 Å². The van der Waals surface area contributed by atoms with Crippen LogP contribution in [0.15, 0.2) is 54.7 Å². The third kappa shape index (κ3) is 2.57. The van der Waals surface area contributed by atoms with E-state index in [1.54, 1.807) is 0 Å². The second kappa shape index (κ2) is 5.60. The van der Waals surface area contributed by atoms with Crippen LogP contribution < -0.4 is 0 Å². The lowest BCUT2D eigenvalue weighted by molar-refractivity contribution is 0.152. The molecule has 1 heterocycles. The van der Waals surface area contributed by atoms with Gasteiger partial charge in [0.25, 0.3) is 0 Å². The summed E-state index contributed by atoms with van der Waals surface area (Å²) >= 11 is 0. The van der Waals surface area contributed by atoms with Gasteiger partial charge in [-0.3, -0.25) is 4.90 Å². The minimum absolute atomic E-state index is 0.102. The van der Waals surface area contributed by atoms with Crippen LogP contribution in [-0.4, -0.2) is 16.1 Å². The number of benzene rings is 2. The van der Waals surface area contributed by atoms with Gasteiger partial charge in [-0.05, 0) is 35.8 Å². The van der Waals surface area contributed by atoms with Crippen LogP contribution in [0.2, 0.25) is 0 Å². The summed E-state index contributed by atoms with van der Waals surface area (Å²) in [5.41, 5.74) is 1.38. The van der Waals surface area contributed by atoms with Gasteiger partial charge < -0.3 is 5.11 Å². The summed E-state index contributed by atoms with van der Waals surface area (Å²) in [5.74, 6) is -1.12. The van der Waals surface area contributed by atoms with Crippen molar-refractivity contribution < 1.29 is 18.7 Å². The van der Waals surface area contributed by atoms with Crippen LogP contribution in [0.4, 0.5) is 13.6 Å². The van der Waals surface area contributed by atoms with Crippen LogP contribution in [0.5, 0.6) is 0 Å². The van der Waals surface area contributed by atoms with Crippen molar-refractivity contribution in [1.29, 1.82) is 0 Å². The summed E-state index contributed by atoms with van der Waals surface area (Å²) in [6, 6.07) is 11.9. The maximum Gasteiger partial charge on any atom is 0.411 e. The zero-order chi connectivity index (χ0) is 15.7. The quantitative estimate of drug-likeness (QED) is 0.891. The highest BCUT2D eigenvalue weighted by Gasteiger charge is 2.31. The van der Waals surface area contributed by atoms with E-state index in [-0.39, 0.29) is 5.56 Å². The lowest BCUT2D eigenvalue weighted by Crippen LogP contribution is -2.25. The molecule has 2 aromatic rings. The van der Waals surface area contributed by atoms with Crippen LogP contribution in [0.3, 0.4) is 0 Å². The van der Waals surface area contributed by atoms with Crippen LogP contribution in [0.1, 0.15) is 23.6 Å². The Hall–Kier alpha value is -2.69. The average Bonchev–Trinajstić information content (AvgIpc) is 2.96. The Balaban J connectivity index is 2.00. The first-order chi connectivity index (χ1) is 10.6. The van der Waals surface area contributed by atoms with Crippen molar-refractivity contribution in [2.45, 2.75) is 12.5 Å². The largest absolute Gasteiger partial charge is 0.465 e. The highest BCUT2D eigenvalue weighted by atomic mass is 19.1. The first kappa shape index (κ1) is 14.3. The summed E-state index contributed by atoms with van der Waals surface area (Å²) < 4.78 is 27.3. The fourth-order valence-electron chi connectivity index (χ4n) is 2.68. The van der Waals surface area contributed by atoms with E-state index < -0.39 is 23.8 Å². The van der Waals surface area contributed by atoms with Crippen LogP contribution >= 0.6 is 0 Å². The fraction of sp³-hybridized carbons (Fsp3) is 0.118. The molecule has 0 aromatic heterocycles. The van der Waals surface area contributed by atoms with Gasteiger partial charge in [0.05, 0.1) is 6.04 Å². The van der Waals surface area contributed by atoms with E-state index >= 15 is 0 Å². The van der Waals surface area contributed by atoms with Crippen molar-refractivity contribution in [3.8, 4) is 0 Å². The van der Waals surface area contributed by atoms with Crippen molar-refractivity contribution >= 4 is 11.7 Å². The molecule has 0 aliphatic carbocycles. The van der Waals surface area contributed by atoms with E-state index in [1.165, 1.54) is 6.20 Å². The molecule has 3 rings (SSSR count). The minimum atomic E-state index is -1.12. The third-order valence-corrected chi connectivity index (χ3v) is 3.72. The van der Waals surface area contributed by atoms with Crippen molar-refractivity contribution in [3.05, 3.63) is 77.5 Å². The van der Waals surface area contributed by atoms with Crippen molar-refractivity contribution in [3.63, 3.8) is 0 Å². The molecule has 0 unspecified atom stereocenters. The summed E-state index contributed by atoms with van der Waals surface area (Å²) in [5, 5.41) is 9.35. The molecule has 2 aromatic carbocycles. The second-order valence-corrected chi connectivity index (χ2v) is 5.10. The molecular weight excluding hydrogens is 288 g/mol. The maximum absolute atomic E-state index is 13.9. The summed E-state index contributed by atoms with van der Waals surface area (Å²) in [6.45, 7) is 0. The summed E-state index contributed by atoms with van der Waals surface area (Å²) in [7, 11) is 0. The Bertz CT molecular complexity index is 744. The number of carbonyl (C=O) groups is 1. The minimum Gasteiger partial charge on any atom is -0.465 e. The van der Waals surface area contributed by atoms with Gasteiger partial charge in [0.15, 0.2) is 0 Å². The number of hydrogen-bond donors (Lipinski definition) is 1. The molecule has 5 heteroatoms. The predicted octanol–water partition coefficient (Wildman–Crippen LogP) is 4.43. The van der Waals surface area contributed by atoms with Gasteiger partial charge >= 0.3 is 6.09 Å². The van der Waals surface area contributed by atoms with E-state index in [2.05, 4.69) is 0 Å². The SMILES string of the molecule is O=C(O)N1C=C(c2cc(F)ccc2F)C[C@H]1c1ccccc1. The van der Waals surface area contributed by atoms with Gasteiger partial charge in [-0.1, -0.05) is 30.3 Å². The number of carboxylic acid groups (broad SMARTS) is 1. The number of rotatable bonds is 2. The molecule has 0 fully saturated rings. The third-order valence-electron chi connectivity index (χ3n) is 3.72. The normalized spacial score (nSPS) is 17.5. The zero-order valence-corrected chi connectivity index (χ0v) is 11.5. The van der Waals surface area contributed by atoms with E-state index in [0.29, 0.717) is 12.0 Å². The number of halogens is 2. The van der Waals surface area contributed by atoms with Gasteiger partial charge in [-0.25, -0.2) is 13.6 Å². The van der Waals surface area contributed by atoms with Crippen molar-refractivity contribution in [1.82, 2.24) is 4.90 Å².